The van der Waals surface area contributed by atoms with Gasteiger partial charge in [-0.05, 0) is 54.4 Å². The van der Waals surface area contributed by atoms with Gasteiger partial charge in [0, 0.05) is 51.6 Å². The summed E-state index contributed by atoms with van der Waals surface area (Å²) in [5.41, 5.74) is 4.68. The Hall–Kier alpha value is -4.84. The van der Waals surface area contributed by atoms with Gasteiger partial charge in [-0.3, -0.25) is 4.79 Å². The molecule has 6 aromatic rings. The molecule has 0 bridgehead atoms. The average Bonchev–Trinajstić information content (AvgIpc) is 3.24. The van der Waals surface area contributed by atoms with E-state index in [4.69, 9.17) is 9.15 Å². The molecule has 0 aliphatic heterocycles. The van der Waals surface area contributed by atoms with Crippen LogP contribution in [0.1, 0.15) is 6.92 Å². The average molecular weight is 489 g/mol. The van der Waals surface area contributed by atoms with Crippen molar-refractivity contribution in [2.45, 2.75) is 13.5 Å². The van der Waals surface area contributed by atoms with Crippen LogP contribution in [-0.2, 0) is 11.3 Å². The lowest BCUT2D eigenvalue weighted by Crippen LogP contribution is -2.20. The number of benzene rings is 4. The molecule has 6 nitrogen and oxygen atoms in total. The van der Waals surface area contributed by atoms with E-state index in [1.54, 1.807) is 12.1 Å². The number of fused-ring (bicyclic) bond motifs is 4. The molecule has 182 valence electrons. The van der Waals surface area contributed by atoms with Crippen molar-refractivity contribution in [2.75, 3.05) is 11.9 Å². The zero-order valence-electron chi connectivity index (χ0n) is 20.2. The van der Waals surface area contributed by atoms with Crippen LogP contribution in [0.25, 0.3) is 43.9 Å². The summed E-state index contributed by atoms with van der Waals surface area (Å²) in [5, 5.41) is 5.96. The molecule has 0 aliphatic carbocycles. The number of carbonyl (C=O) groups is 1. The molecule has 37 heavy (non-hydrogen) atoms. The van der Waals surface area contributed by atoms with E-state index in [1.165, 1.54) is 11.6 Å². The highest BCUT2D eigenvalue weighted by Crippen LogP contribution is 2.32. The molecule has 1 N–H and O–H groups in total. The molecule has 2 aromatic heterocycles. The Kier molecular flexibility index (Phi) is 5.69. The highest BCUT2D eigenvalue weighted by molar-refractivity contribution is 6.09. The number of anilines is 1. The van der Waals surface area contributed by atoms with Gasteiger partial charge in [-0.2, -0.15) is 0 Å². The molecule has 6 rings (SSSR count). The van der Waals surface area contributed by atoms with E-state index in [0.717, 1.165) is 39.3 Å². The summed E-state index contributed by atoms with van der Waals surface area (Å²) in [7, 11) is 0. The number of nitrogens with one attached hydrogen (secondary N) is 1. The Morgan fingerprint density at radius 3 is 2.46 bits per heavy atom. The van der Waals surface area contributed by atoms with Crippen molar-refractivity contribution in [1.82, 2.24) is 4.57 Å². The summed E-state index contributed by atoms with van der Waals surface area (Å²) in [6.07, 6.45) is 0. The quantitative estimate of drug-likeness (QED) is 0.268. The van der Waals surface area contributed by atoms with Crippen molar-refractivity contribution in [2.24, 2.45) is 0 Å². The smallest absolute Gasteiger partial charge is 0.336 e. The maximum Gasteiger partial charge on any atom is 0.336 e. The number of ether oxygens (including phenoxy) is 1. The predicted molar refractivity (Wildman–Crippen MR) is 147 cm³/mol. The summed E-state index contributed by atoms with van der Waals surface area (Å²) in [6, 6.07) is 30.6. The first-order valence-corrected chi connectivity index (χ1v) is 12.2. The number of aryl methyl sites for hydroxylation is 1. The Labute approximate surface area is 212 Å². The third-order valence-electron chi connectivity index (χ3n) is 6.54. The Morgan fingerprint density at radius 2 is 1.62 bits per heavy atom. The molecule has 0 spiro atoms. The second-order valence-electron chi connectivity index (χ2n) is 8.83. The van der Waals surface area contributed by atoms with Gasteiger partial charge in [0.15, 0.2) is 6.61 Å². The molecule has 1 amide bonds. The summed E-state index contributed by atoms with van der Waals surface area (Å²) in [6.45, 7) is 2.81. The Bertz CT molecular complexity index is 1830. The highest BCUT2D eigenvalue weighted by atomic mass is 16.5. The van der Waals surface area contributed by atoms with Gasteiger partial charge in [0.25, 0.3) is 5.91 Å². The molecule has 0 saturated heterocycles. The minimum Gasteiger partial charge on any atom is -0.484 e. The first-order valence-electron chi connectivity index (χ1n) is 12.2. The molecule has 0 fully saturated rings. The molecule has 0 atom stereocenters. The molecule has 0 unspecified atom stereocenters. The van der Waals surface area contributed by atoms with E-state index in [-0.39, 0.29) is 12.5 Å². The van der Waals surface area contributed by atoms with Crippen molar-refractivity contribution in [3.8, 4) is 16.9 Å². The highest BCUT2D eigenvalue weighted by Gasteiger charge is 2.12. The number of carbonyl (C=O) groups excluding carboxylic acids is 1. The van der Waals surface area contributed by atoms with Crippen molar-refractivity contribution in [3.63, 3.8) is 0 Å². The lowest BCUT2D eigenvalue weighted by atomic mass is 10.0. The molecule has 0 aliphatic rings. The molecule has 2 heterocycles. The predicted octanol–water partition coefficient (Wildman–Crippen LogP) is 6.61. The van der Waals surface area contributed by atoms with E-state index >= 15 is 0 Å². The SMILES string of the molecule is CCn1c2ccccc2c2cc(NC(=O)COc3ccc4c(-c5ccccc5)cc(=O)oc4c3)ccc21. The molecule has 4 aromatic carbocycles. The van der Waals surface area contributed by atoms with E-state index < -0.39 is 5.63 Å². The first-order chi connectivity index (χ1) is 18.1. The third kappa shape index (κ3) is 4.23. The number of amides is 1. The topological polar surface area (TPSA) is 73.5 Å². The summed E-state index contributed by atoms with van der Waals surface area (Å²) in [4.78, 5) is 24.9. The maximum atomic E-state index is 12.7. The van der Waals surface area contributed by atoms with Gasteiger partial charge in [0.1, 0.15) is 11.3 Å². The minimum atomic E-state index is -0.443. The molecule has 0 saturated carbocycles. The summed E-state index contributed by atoms with van der Waals surface area (Å²) in [5.74, 6) is 0.163. The van der Waals surface area contributed by atoms with Crippen LogP contribution < -0.4 is 15.7 Å². The zero-order valence-corrected chi connectivity index (χ0v) is 20.2. The van der Waals surface area contributed by atoms with Crippen molar-refractivity contribution in [3.05, 3.63) is 107 Å². The fraction of sp³-hybridized carbons (Fsp3) is 0.0968. The molecule has 0 radical (unpaired) electrons. The Morgan fingerprint density at radius 1 is 0.838 bits per heavy atom. The number of hydrogen-bond donors (Lipinski definition) is 1. The maximum absolute atomic E-state index is 12.7. The number of nitrogens with zero attached hydrogens (tertiary/aromatic N) is 1. The largest absolute Gasteiger partial charge is 0.484 e. The molecular weight excluding hydrogens is 464 g/mol. The Balaban J connectivity index is 1.21. The van der Waals surface area contributed by atoms with Crippen LogP contribution in [-0.4, -0.2) is 17.1 Å². The van der Waals surface area contributed by atoms with Crippen LogP contribution in [0.5, 0.6) is 5.75 Å². The van der Waals surface area contributed by atoms with Gasteiger partial charge in [-0.1, -0.05) is 48.5 Å². The fourth-order valence-corrected chi connectivity index (χ4v) is 4.91. The summed E-state index contributed by atoms with van der Waals surface area (Å²) < 4.78 is 13.4. The minimum absolute atomic E-state index is 0.178. The van der Waals surface area contributed by atoms with E-state index in [1.807, 2.05) is 66.7 Å². The summed E-state index contributed by atoms with van der Waals surface area (Å²) >= 11 is 0. The second-order valence-corrected chi connectivity index (χ2v) is 8.83. The standard InChI is InChI=1S/C31H24N2O4/c1-2-33-27-11-7-6-10-23(27)26-16-21(12-15-28(26)33)32-30(34)19-36-22-13-14-24-25(20-8-4-3-5-9-20)18-31(35)37-29(24)17-22/h3-18H,2,19H2,1H3,(H,32,34). The van der Waals surface area contributed by atoms with Gasteiger partial charge in [-0.25, -0.2) is 4.79 Å². The van der Waals surface area contributed by atoms with Crippen molar-refractivity contribution >= 4 is 44.4 Å². The monoisotopic (exact) mass is 488 g/mol. The van der Waals surface area contributed by atoms with Gasteiger partial charge in [0.05, 0.1) is 0 Å². The second kappa shape index (κ2) is 9.32. The van der Waals surface area contributed by atoms with Crippen LogP contribution in [0, 0.1) is 0 Å². The first kappa shape index (κ1) is 22.6. The van der Waals surface area contributed by atoms with Crippen LogP contribution in [0.15, 0.2) is 106 Å². The number of aromatic nitrogens is 1. The van der Waals surface area contributed by atoms with Crippen molar-refractivity contribution < 1.29 is 13.9 Å². The van der Waals surface area contributed by atoms with Gasteiger partial charge in [-0.15, -0.1) is 0 Å². The van der Waals surface area contributed by atoms with Gasteiger partial charge < -0.3 is 19.0 Å². The van der Waals surface area contributed by atoms with Crippen LogP contribution in [0.2, 0.25) is 0 Å². The van der Waals surface area contributed by atoms with Crippen LogP contribution >= 0.6 is 0 Å². The fourth-order valence-electron chi connectivity index (χ4n) is 4.91. The molecular formula is C31H24N2O4. The number of hydrogen-bond acceptors (Lipinski definition) is 4. The van der Waals surface area contributed by atoms with E-state index in [2.05, 4.69) is 28.9 Å². The van der Waals surface area contributed by atoms with Crippen LogP contribution in [0.4, 0.5) is 5.69 Å². The van der Waals surface area contributed by atoms with E-state index in [9.17, 15) is 9.59 Å². The molecule has 6 heteroatoms. The number of para-hydroxylation sites is 1. The van der Waals surface area contributed by atoms with Gasteiger partial charge in [0.2, 0.25) is 0 Å². The van der Waals surface area contributed by atoms with Gasteiger partial charge >= 0.3 is 5.63 Å². The number of rotatable bonds is 6. The third-order valence-corrected chi connectivity index (χ3v) is 6.54. The normalized spacial score (nSPS) is 11.3. The van der Waals surface area contributed by atoms with Crippen molar-refractivity contribution in [1.29, 1.82) is 0 Å². The lowest BCUT2D eigenvalue weighted by molar-refractivity contribution is -0.118. The zero-order chi connectivity index (χ0) is 25.4. The van der Waals surface area contributed by atoms with E-state index in [0.29, 0.717) is 17.0 Å². The van der Waals surface area contributed by atoms with Crippen LogP contribution in [0.3, 0.4) is 0 Å². The lowest BCUT2D eigenvalue weighted by Gasteiger charge is -2.10.